The van der Waals surface area contributed by atoms with Gasteiger partial charge in [-0.1, -0.05) is 204 Å². The third-order valence-electron chi connectivity index (χ3n) is 21.3. The van der Waals surface area contributed by atoms with Gasteiger partial charge in [0.25, 0.3) is 0 Å². The van der Waals surface area contributed by atoms with Crippen molar-refractivity contribution in [3.8, 4) is 91.5 Å². The van der Waals surface area contributed by atoms with Gasteiger partial charge in [-0.15, -0.1) is 0 Å². The van der Waals surface area contributed by atoms with Crippen LogP contribution in [-0.4, -0.2) is 92.3 Å². The monoisotopic (exact) mass is 1450 g/mol. The standard InChI is InChI=1S/C93H98N8O8/c1-10-18-42-102-78-62-40-32-33-41-63(62)79(103-43-19-11-2)77-76(78)92-99-90-74-72(82(106-46-22-14-5)66-52-58-36-28-30-38-60(58)54-68(66)84(74)108-48-24-16-7)88(97-90)95-86-70-71(81(105-45-21-13-4)65-51-57-35-27-26-34-56(57)50-64(65)80(70)104-44-20-12-3)87(94-86)96-89-73-75(91(98-89)100-93(77)101(92)9)85(109-49-25-17-8)69-55-61-39-31-29-37-59(61)53-67(69)83(73)107-47-23-15-6/h26-41,50-55H,10-25,42-49H2,1-9H3,(H,94,95,96,97,98,99,100). The van der Waals surface area contributed by atoms with Crippen LogP contribution in [0.3, 0.4) is 0 Å². The summed E-state index contributed by atoms with van der Waals surface area (Å²) in [7, 11) is 2.03. The fourth-order valence-corrected chi connectivity index (χ4v) is 15.5. The van der Waals surface area contributed by atoms with Crippen molar-refractivity contribution in [2.75, 3.05) is 52.9 Å². The molecule has 0 unspecified atom stereocenters. The Kier molecular flexibility index (Phi) is 21.2. The lowest BCUT2D eigenvalue weighted by Gasteiger charge is -2.19. The first-order valence-corrected chi connectivity index (χ1v) is 40.2. The quantitative estimate of drug-likeness (QED) is 0.0312. The van der Waals surface area contributed by atoms with Gasteiger partial charge in [0.05, 0.1) is 96.7 Å². The first-order valence-electron chi connectivity index (χ1n) is 40.2. The van der Waals surface area contributed by atoms with Gasteiger partial charge in [0, 0.05) is 50.1 Å². The molecular weight excluding hydrogens is 1360 g/mol. The van der Waals surface area contributed by atoms with Crippen molar-refractivity contribution in [1.82, 2.24) is 39.5 Å². The number of nitrogens with one attached hydrogen (secondary N) is 1. The maximum Gasteiger partial charge on any atom is 0.168 e. The summed E-state index contributed by atoms with van der Waals surface area (Å²) in [5.74, 6) is 6.48. The number of aromatic nitrogens is 8. The van der Waals surface area contributed by atoms with Crippen molar-refractivity contribution in [1.29, 1.82) is 0 Å². The van der Waals surface area contributed by atoms with Crippen LogP contribution >= 0.6 is 0 Å². The molecule has 0 saturated heterocycles. The predicted octanol–water partition coefficient (Wildman–Crippen LogP) is 24.4. The van der Waals surface area contributed by atoms with Crippen molar-refractivity contribution < 1.29 is 37.9 Å². The Bertz CT molecular complexity index is 5650. The highest BCUT2D eigenvalue weighted by atomic mass is 16.5. The lowest BCUT2D eigenvalue weighted by Crippen LogP contribution is -2.04. The molecular formula is C93H98N8O8. The molecule has 16 nitrogen and oxygen atoms in total. The number of unbranched alkanes of at least 4 members (excludes halogenated alkanes) is 8. The minimum Gasteiger partial charge on any atom is -0.492 e. The lowest BCUT2D eigenvalue weighted by molar-refractivity contribution is 0.308. The SMILES string of the molecule is CCCCOc1c2c(c(OCCCC)c3cc4ccccc4cc13)-c1nc-2nc2[nH]c(nc3nc(nc4c5c(OCCCC)c6ccccc6c(OCCCC)c5c(n1)n4C)-c1c-3c(OCCCC)c3cc4ccccc4cc3c1OCCCC)c1c(OCCCC)c3cc4ccccc4cc3c(OCCCC)c21. The van der Waals surface area contributed by atoms with Crippen LogP contribution in [0.5, 0.6) is 46.0 Å². The molecule has 0 fully saturated rings. The molecule has 16 heteroatoms. The van der Waals surface area contributed by atoms with Crippen molar-refractivity contribution >= 4 is 120 Å². The number of ether oxygens (including phenoxy) is 8. The maximum atomic E-state index is 7.39. The van der Waals surface area contributed by atoms with Crippen LogP contribution in [0, 0.1) is 0 Å². The lowest BCUT2D eigenvalue weighted by atomic mass is 9.95. The minimum atomic E-state index is 0.347. The van der Waals surface area contributed by atoms with Gasteiger partial charge in [0.2, 0.25) is 0 Å². The van der Waals surface area contributed by atoms with E-state index in [0.717, 1.165) is 178 Å². The molecule has 16 rings (SSSR count). The second-order valence-electron chi connectivity index (χ2n) is 29.0. The van der Waals surface area contributed by atoms with E-state index in [1.54, 1.807) is 0 Å². The van der Waals surface area contributed by atoms with Crippen LogP contribution in [0.2, 0.25) is 0 Å². The average Bonchev–Trinajstić information content (AvgIpc) is 1.53. The van der Waals surface area contributed by atoms with Gasteiger partial charge in [-0.25, -0.2) is 29.9 Å². The third-order valence-corrected chi connectivity index (χ3v) is 21.3. The van der Waals surface area contributed by atoms with Gasteiger partial charge < -0.3 is 47.4 Å². The van der Waals surface area contributed by atoms with Crippen molar-refractivity contribution in [3.63, 3.8) is 0 Å². The van der Waals surface area contributed by atoms with E-state index >= 15 is 0 Å². The number of aromatic amines is 1. The molecule has 0 aliphatic carbocycles. The Balaban J connectivity index is 1.20. The number of nitrogens with zero attached hydrogens (tertiary/aromatic N) is 7. The minimum absolute atomic E-state index is 0.347. The summed E-state index contributed by atoms with van der Waals surface area (Å²) in [6.07, 6.45) is 13.7. The first kappa shape index (κ1) is 72.2. The smallest absolute Gasteiger partial charge is 0.168 e. The normalized spacial score (nSPS) is 12.0. The summed E-state index contributed by atoms with van der Waals surface area (Å²) in [4.78, 5) is 40.0. The molecule has 0 radical (unpaired) electrons. The van der Waals surface area contributed by atoms with Crippen molar-refractivity contribution in [2.24, 2.45) is 7.05 Å². The van der Waals surface area contributed by atoms with E-state index in [2.05, 4.69) is 198 Å². The molecule has 2 aliphatic heterocycles. The van der Waals surface area contributed by atoms with Gasteiger partial charge in [-0.2, -0.15) is 0 Å². The van der Waals surface area contributed by atoms with E-state index in [9.17, 15) is 0 Å². The maximum absolute atomic E-state index is 7.39. The zero-order valence-corrected chi connectivity index (χ0v) is 64.6. The molecule has 1 N–H and O–H groups in total. The molecule has 2 aliphatic rings. The van der Waals surface area contributed by atoms with E-state index in [1.807, 2.05) is 7.05 Å². The summed E-state index contributed by atoms with van der Waals surface area (Å²) in [6.45, 7) is 20.9. The molecule has 0 amide bonds. The topological polar surface area (TPSA) is 172 Å². The molecule has 109 heavy (non-hydrogen) atoms. The van der Waals surface area contributed by atoms with Crippen LogP contribution in [0.25, 0.3) is 165 Å². The highest BCUT2D eigenvalue weighted by Crippen LogP contribution is 2.57. The highest BCUT2D eigenvalue weighted by Gasteiger charge is 2.37. The van der Waals surface area contributed by atoms with Crippen LogP contribution in [0.4, 0.5) is 0 Å². The molecule has 0 spiro atoms. The molecule has 558 valence electrons. The molecule has 0 saturated carbocycles. The average molecular weight is 1460 g/mol. The number of hydrogen-bond donors (Lipinski definition) is 1. The highest BCUT2D eigenvalue weighted by molar-refractivity contribution is 6.25. The second-order valence-corrected chi connectivity index (χ2v) is 29.0. The summed E-state index contributed by atoms with van der Waals surface area (Å²) < 4.78 is 61.0. The second kappa shape index (κ2) is 32.1. The molecule has 8 bridgehead atoms. The Morgan fingerprint density at radius 2 is 0.477 bits per heavy atom. The van der Waals surface area contributed by atoms with Gasteiger partial charge >= 0.3 is 0 Å². The largest absolute Gasteiger partial charge is 0.492 e. The van der Waals surface area contributed by atoms with Crippen molar-refractivity contribution in [3.05, 3.63) is 133 Å². The van der Waals surface area contributed by atoms with Crippen LogP contribution in [0.1, 0.15) is 158 Å². The third kappa shape index (κ3) is 13.3. The number of rotatable bonds is 32. The van der Waals surface area contributed by atoms with Gasteiger partial charge in [-0.3, -0.25) is 0 Å². The summed E-state index contributed by atoms with van der Waals surface area (Å²) in [5, 5.41) is 16.0. The van der Waals surface area contributed by atoms with Crippen LogP contribution in [-0.2, 0) is 7.05 Å². The Labute approximate surface area is 636 Å². The van der Waals surface area contributed by atoms with Gasteiger partial charge in [-0.05, 0) is 120 Å². The predicted molar refractivity (Wildman–Crippen MR) is 446 cm³/mol. The van der Waals surface area contributed by atoms with Crippen molar-refractivity contribution in [2.45, 2.75) is 158 Å². The number of benzene rings is 11. The van der Waals surface area contributed by atoms with E-state index in [0.29, 0.717) is 189 Å². The van der Waals surface area contributed by atoms with E-state index in [-0.39, 0.29) is 0 Å². The Morgan fingerprint density at radius 1 is 0.257 bits per heavy atom. The molecule has 0 atom stereocenters. The number of H-pyrrole nitrogens is 1. The fourth-order valence-electron chi connectivity index (χ4n) is 15.5. The summed E-state index contributed by atoms with van der Waals surface area (Å²) in [6, 6.07) is 47.3. The van der Waals surface area contributed by atoms with Gasteiger partial charge in [0.15, 0.2) is 23.3 Å². The summed E-state index contributed by atoms with van der Waals surface area (Å²) >= 11 is 0. The zero-order valence-electron chi connectivity index (χ0n) is 64.6. The number of fused-ring (bicyclic) bond motifs is 27. The number of aryl methyl sites for hydroxylation is 1. The van der Waals surface area contributed by atoms with Crippen LogP contribution in [0.15, 0.2) is 133 Å². The molecule has 11 aromatic carbocycles. The van der Waals surface area contributed by atoms with E-state index < -0.39 is 0 Å². The molecule has 5 heterocycles. The van der Waals surface area contributed by atoms with E-state index in [4.69, 9.17) is 67.8 Å². The first-order chi connectivity index (χ1) is 53.7. The summed E-state index contributed by atoms with van der Waals surface area (Å²) in [5.41, 5.74) is 4.47. The fraction of sp³-hybridized carbons (Fsp3) is 0.355. The Hall–Kier alpha value is -11.0. The zero-order chi connectivity index (χ0) is 74.7. The molecule has 14 aromatic rings. The number of hydrogen-bond acceptors (Lipinski definition) is 14. The van der Waals surface area contributed by atoms with Gasteiger partial charge in [0.1, 0.15) is 68.6 Å². The van der Waals surface area contributed by atoms with E-state index in [1.165, 1.54) is 0 Å². The Morgan fingerprint density at radius 3 is 0.734 bits per heavy atom. The van der Waals surface area contributed by atoms with Crippen LogP contribution < -0.4 is 37.9 Å². The molecule has 3 aromatic heterocycles.